The molecule has 0 aliphatic heterocycles. The fourth-order valence-corrected chi connectivity index (χ4v) is 2.70. The number of aryl methyl sites for hydroxylation is 9. The van der Waals surface area contributed by atoms with E-state index in [0.717, 1.165) is 29.0 Å². The summed E-state index contributed by atoms with van der Waals surface area (Å²) in [5, 5.41) is 5.18. The standard InChI is InChI=1S/C6H9NO.C6H9NS.C5H9N3/c2*1-4-5(2)8-6(3)7-4;1-4-6-5(2)8(3)7-4/h3*1-3H3. The van der Waals surface area contributed by atoms with E-state index in [-0.39, 0.29) is 0 Å². The average molecular weight is 350 g/mol. The Balaban J connectivity index is 0.000000180. The molecule has 0 aliphatic carbocycles. The number of rotatable bonds is 0. The van der Waals surface area contributed by atoms with Crippen LogP contribution in [0.25, 0.3) is 0 Å². The first-order chi connectivity index (χ1) is 11.1. The zero-order valence-corrected chi connectivity index (χ0v) is 16.9. The molecule has 0 atom stereocenters. The number of nitrogens with zero attached hydrogens (tertiary/aromatic N) is 5. The van der Waals surface area contributed by atoms with E-state index in [4.69, 9.17) is 4.42 Å². The van der Waals surface area contributed by atoms with Gasteiger partial charge in [-0.05, 0) is 48.5 Å². The van der Waals surface area contributed by atoms with E-state index in [1.54, 1.807) is 16.0 Å². The maximum Gasteiger partial charge on any atom is 0.191 e. The highest BCUT2D eigenvalue weighted by atomic mass is 32.1. The fourth-order valence-electron chi connectivity index (χ4n) is 1.88. The molecule has 0 bridgehead atoms. The second-order valence-corrected chi connectivity index (χ2v) is 6.99. The van der Waals surface area contributed by atoms with Crippen LogP contribution in [-0.4, -0.2) is 24.7 Å². The molecule has 0 unspecified atom stereocenters. The molecule has 24 heavy (non-hydrogen) atoms. The zero-order valence-electron chi connectivity index (χ0n) is 16.1. The van der Waals surface area contributed by atoms with Crippen molar-refractivity contribution in [3.8, 4) is 0 Å². The normalized spacial score (nSPS) is 9.88. The van der Waals surface area contributed by atoms with E-state index in [2.05, 4.69) is 27.0 Å². The average Bonchev–Trinajstić information content (AvgIpc) is 3.01. The highest BCUT2D eigenvalue weighted by molar-refractivity contribution is 7.11. The van der Waals surface area contributed by atoms with Gasteiger partial charge in [-0.25, -0.2) is 15.0 Å². The van der Waals surface area contributed by atoms with Gasteiger partial charge in [0.2, 0.25) is 0 Å². The number of hydrogen-bond donors (Lipinski definition) is 0. The number of thiazole rings is 1. The molecule has 0 aliphatic rings. The molecular weight excluding hydrogens is 322 g/mol. The lowest BCUT2D eigenvalue weighted by molar-refractivity contribution is 0.493. The summed E-state index contributed by atoms with van der Waals surface area (Å²) in [5.74, 6) is 3.47. The third-order valence-electron chi connectivity index (χ3n) is 3.36. The van der Waals surface area contributed by atoms with Crippen molar-refractivity contribution in [3.05, 3.63) is 44.6 Å². The van der Waals surface area contributed by atoms with Crippen molar-refractivity contribution in [2.75, 3.05) is 0 Å². The Morgan fingerprint density at radius 1 is 0.833 bits per heavy atom. The summed E-state index contributed by atoms with van der Waals surface area (Å²) >= 11 is 1.76. The van der Waals surface area contributed by atoms with E-state index >= 15 is 0 Å². The minimum atomic E-state index is 0.750. The summed E-state index contributed by atoms with van der Waals surface area (Å²) in [6, 6.07) is 0. The predicted molar refractivity (Wildman–Crippen MR) is 97.5 cm³/mol. The Labute approximate surface area is 148 Å². The molecule has 3 rings (SSSR count). The van der Waals surface area contributed by atoms with Gasteiger partial charge in [0.25, 0.3) is 0 Å². The number of aromatic nitrogens is 5. The Kier molecular flexibility index (Phi) is 7.28. The van der Waals surface area contributed by atoms with E-state index < -0.39 is 0 Å². The van der Waals surface area contributed by atoms with Crippen molar-refractivity contribution in [2.45, 2.75) is 55.4 Å². The van der Waals surface area contributed by atoms with Crippen molar-refractivity contribution in [3.63, 3.8) is 0 Å². The summed E-state index contributed by atoms with van der Waals surface area (Å²) in [4.78, 5) is 13.7. The van der Waals surface area contributed by atoms with E-state index in [1.165, 1.54) is 15.6 Å². The van der Waals surface area contributed by atoms with Crippen molar-refractivity contribution >= 4 is 11.3 Å². The van der Waals surface area contributed by atoms with Gasteiger partial charge in [-0.15, -0.1) is 11.3 Å². The lowest BCUT2D eigenvalue weighted by Crippen LogP contribution is -1.92. The highest BCUT2D eigenvalue weighted by Gasteiger charge is 1.97. The molecule has 0 fully saturated rings. The molecule has 0 spiro atoms. The Bertz CT molecular complexity index is 621. The molecule has 132 valence electrons. The summed E-state index contributed by atoms with van der Waals surface area (Å²) in [7, 11) is 1.88. The van der Waals surface area contributed by atoms with Crippen molar-refractivity contribution in [1.29, 1.82) is 0 Å². The van der Waals surface area contributed by atoms with Gasteiger partial charge in [-0.1, -0.05) is 0 Å². The third kappa shape index (κ3) is 6.23. The Morgan fingerprint density at radius 3 is 1.58 bits per heavy atom. The molecular formula is C17H27N5OS. The SMILES string of the molecule is Cc1nc(C)c(C)o1.Cc1nc(C)c(C)s1.Cc1nc(C)n(C)n1. The topological polar surface area (TPSA) is 69.6 Å². The van der Waals surface area contributed by atoms with Gasteiger partial charge < -0.3 is 4.42 Å². The van der Waals surface area contributed by atoms with Crippen molar-refractivity contribution in [2.24, 2.45) is 7.05 Å². The van der Waals surface area contributed by atoms with Gasteiger partial charge in [0, 0.05) is 18.8 Å². The lowest BCUT2D eigenvalue weighted by Gasteiger charge is -1.84. The minimum absolute atomic E-state index is 0.750. The van der Waals surface area contributed by atoms with Crippen LogP contribution < -0.4 is 0 Å². The van der Waals surface area contributed by atoms with Crippen LogP contribution in [0.2, 0.25) is 0 Å². The van der Waals surface area contributed by atoms with Crippen molar-refractivity contribution < 1.29 is 4.42 Å². The quantitative estimate of drug-likeness (QED) is 0.611. The van der Waals surface area contributed by atoms with Crippen LogP contribution in [-0.2, 0) is 7.05 Å². The summed E-state index contributed by atoms with van der Waals surface area (Å²) < 4.78 is 6.86. The summed E-state index contributed by atoms with van der Waals surface area (Å²) in [5.41, 5.74) is 2.16. The van der Waals surface area contributed by atoms with Gasteiger partial charge in [-0.2, -0.15) is 5.10 Å². The van der Waals surface area contributed by atoms with E-state index in [9.17, 15) is 0 Å². The van der Waals surface area contributed by atoms with Crippen molar-refractivity contribution in [1.82, 2.24) is 24.7 Å². The van der Waals surface area contributed by atoms with Gasteiger partial charge >= 0.3 is 0 Å². The van der Waals surface area contributed by atoms with Crippen LogP contribution in [0.15, 0.2) is 4.42 Å². The molecule has 0 saturated carbocycles. The van der Waals surface area contributed by atoms with Gasteiger partial charge in [0.15, 0.2) is 5.89 Å². The zero-order chi connectivity index (χ0) is 18.4. The fraction of sp³-hybridized carbons (Fsp3) is 0.529. The van der Waals surface area contributed by atoms with E-state index in [0.29, 0.717) is 0 Å². The minimum Gasteiger partial charge on any atom is -0.446 e. The maximum absolute atomic E-state index is 5.10. The molecule has 0 radical (unpaired) electrons. The van der Waals surface area contributed by atoms with Crippen LogP contribution in [0.3, 0.4) is 0 Å². The Hall–Kier alpha value is -2.02. The smallest absolute Gasteiger partial charge is 0.191 e. The molecule has 0 amide bonds. The first-order valence-electron chi connectivity index (χ1n) is 7.75. The molecule has 3 heterocycles. The molecule has 7 heteroatoms. The second kappa shape index (κ2) is 8.73. The number of oxazole rings is 1. The van der Waals surface area contributed by atoms with Gasteiger partial charge in [0.05, 0.1) is 16.4 Å². The second-order valence-electron chi connectivity index (χ2n) is 5.58. The first kappa shape index (κ1) is 20.0. The lowest BCUT2D eigenvalue weighted by atomic mass is 10.4. The van der Waals surface area contributed by atoms with Gasteiger partial charge in [-0.3, -0.25) is 4.68 Å². The molecule has 0 aromatic carbocycles. The maximum atomic E-state index is 5.10. The largest absolute Gasteiger partial charge is 0.446 e. The van der Waals surface area contributed by atoms with E-state index in [1.807, 2.05) is 55.5 Å². The highest BCUT2D eigenvalue weighted by Crippen LogP contribution is 2.14. The van der Waals surface area contributed by atoms with Crippen LogP contribution in [0.1, 0.15) is 44.6 Å². The van der Waals surface area contributed by atoms with Gasteiger partial charge in [0.1, 0.15) is 17.4 Å². The monoisotopic (exact) mass is 349 g/mol. The molecule has 3 aromatic rings. The van der Waals surface area contributed by atoms with Crippen LogP contribution in [0.5, 0.6) is 0 Å². The summed E-state index contributed by atoms with van der Waals surface area (Å²) in [6.07, 6.45) is 0. The Morgan fingerprint density at radius 2 is 1.46 bits per heavy atom. The third-order valence-corrected chi connectivity index (χ3v) is 4.35. The van der Waals surface area contributed by atoms with Crippen LogP contribution >= 0.6 is 11.3 Å². The predicted octanol–water partition coefficient (Wildman–Crippen LogP) is 4.10. The van der Waals surface area contributed by atoms with Crippen LogP contribution in [0, 0.1) is 55.4 Å². The molecule has 6 nitrogen and oxygen atoms in total. The van der Waals surface area contributed by atoms with Crippen LogP contribution in [0.4, 0.5) is 0 Å². The molecule has 3 aromatic heterocycles. The number of hydrogen-bond acceptors (Lipinski definition) is 6. The molecule has 0 N–H and O–H groups in total. The summed E-state index contributed by atoms with van der Waals surface area (Å²) in [6.45, 7) is 15.7. The first-order valence-corrected chi connectivity index (χ1v) is 8.57. The molecule has 0 saturated heterocycles.